The van der Waals surface area contributed by atoms with Crippen LogP contribution in [0.3, 0.4) is 0 Å². The first-order valence-electron chi connectivity index (χ1n) is 10.6. The third kappa shape index (κ3) is 3.81. The van der Waals surface area contributed by atoms with E-state index in [0.717, 1.165) is 11.4 Å². The summed E-state index contributed by atoms with van der Waals surface area (Å²) in [6.45, 7) is 3.72. The van der Waals surface area contributed by atoms with Crippen LogP contribution < -0.4 is 0 Å². The van der Waals surface area contributed by atoms with Crippen molar-refractivity contribution < 1.29 is 21.1 Å². The monoisotopic (exact) mass is 652 g/mol. The fraction of sp³-hybridized carbons (Fsp3) is 0.125. The van der Waals surface area contributed by atoms with Gasteiger partial charge >= 0.3 is 21.1 Å². The van der Waals surface area contributed by atoms with Crippen LogP contribution >= 0.6 is 0 Å². The summed E-state index contributed by atoms with van der Waals surface area (Å²) < 4.78 is 3.31. The van der Waals surface area contributed by atoms with Gasteiger partial charge in [-0.15, -0.1) is 0 Å². The molecule has 0 atom stereocenters. The first-order valence-corrected chi connectivity index (χ1v) is 10.6. The molecule has 176 valence electrons. The van der Waals surface area contributed by atoms with Crippen molar-refractivity contribution in [2.45, 2.75) is 19.8 Å². The van der Waals surface area contributed by atoms with Crippen LogP contribution in [-0.2, 0) is 21.1 Å². The summed E-state index contributed by atoms with van der Waals surface area (Å²) in [5.74, 6) is 0.369. The molecule has 0 saturated carbocycles. The molecule has 0 fully saturated rings. The van der Waals surface area contributed by atoms with Crippen molar-refractivity contribution in [1.82, 2.24) is 49.0 Å². The average Bonchev–Trinajstić information content (AvgIpc) is 3.51. The number of imidazole rings is 2. The number of hydrogen-bond acceptors (Lipinski definition) is 9. The summed E-state index contributed by atoms with van der Waals surface area (Å²) in [6, 6.07) is 13.2. The Bertz CT molecular complexity index is 1640. The Morgan fingerprint density at radius 3 is 1.67 bits per heavy atom. The van der Waals surface area contributed by atoms with Gasteiger partial charge in [0.05, 0.1) is 29.1 Å². The zero-order valence-electron chi connectivity index (χ0n) is 18.9. The molecule has 0 amide bonds. The Morgan fingerprint density at radius 2 is 1.22 bits per heavy atom. The van der Waals surface area contributed by atoms with Gasteiger partial charge in [0.15, 0.2) is 0 Å². The molecule has 0 spiro atoms. The smallest absolute Gasteiger partial charge is 0.396 e. The minimum absolute atomic E-state index is 0. The predicted octanol–water partition coefficient (Wildman–Crippen LogP) is 2.60. The zero-order valence-corrected chi connectivity index (χ0v) is 21.2. The molecule has 6 aromatic rings. The molecule has 0 aliphatic rings. The van der Waals surface area contributed by atoms with E-state index in [4.69, 9.17) is 9.97 Å². The Hall–Kier alpha value is -4.42. The molecule has 0 unspecified atom stereocenters. The van der Waals surface area contributed by atoms with Crippen LogP contribution in [0.25, 0.3) is 34.0 Å². The zero-order chi connectivity index (χ0) is 23.9. The maximum atomic E-state index is 10.1. The number of fused-ring (bicyclic) bond motifs is 2. The van der Waals surface area contributed by atoms with Gasteiger partial charge in [0.1, 0.15) is 18.6 Å². The normalized spacial score (nSPS) is 11.1. The number of rotatable bonds is 4. The molecule has 12 heteroatoms. The van der Waals surface area contributed by atoms with Gasteiger partial charge in [-0.2, -0.15) is 5.26 Å². The standard InChI is InChI=1S/C24H15N11.Pt/c1-14-21-23(28-10-26-14)34(12-30-21)19-7-3-5-17(32-19)16(9-25)18-6-4-8-20(33-18)35-13-31-22-15(2)27-11-29-24(22)35;/h3-8,10-11,16H,1-2H3;/q-2;+2. The van der Waals surface area contributed by atoms with Gasteiger partial charge in [-0.05, 0) is 26.0 Å². The summed E-state index contributed by atoms with van der Waals surface area (Å²) in [7, 11) is 0. The van der Waals surface area contributed by atoms with Crippen LogP contribution in [0.5, 0.6) is 0 Å². The molecule has 6 rings (SSSR count). The number of hydrogen-bond donors (Lipinski definition) is 0. The van der Waals surface area contributed by atoms with Crippen molar-refractivity contribution in [1.29, 1.82) is 5.26 Å². The molecular weight excluding hydrogens is 637 g/mol. The van der Waals surface area contributed by atoms with Gasteiger partial charge in [0, 0.05) is 46.4 Å². The van der Waals surface area contributed by atoms with Crippen molar-refractivity contribution in [3.8, 4) is 17.7 Å². The van der Waals surface area contributed by atoms with E-state index in [1.807, 2.05) is 38.1 Å². The summed E-state index contributed by atoms with van der Waals surface area (Å²) in [6.07, 6.45) is 8.79. The topological polar surface area (TPSA) is 137 Å². The predicted molar refractivity (Wildman–Crippen MR) is 124 cm³/mol. The van der Waals surface area contributed by atoms with Gasteiger partial charge in [-0.3, -0.25) is 29.9 Å². The number of aromatic nitrogens is 10. The van der Waals surface area contributed by atoms with Crippen LogP contribution in [0, 0.1) is 37.8 Å². The van der Waals surface area contributed by atoms with E-state index in [2.05, 4.69) is 48.6 Å². The van der Waals surface area contributed by atoms with Crippen LogP contribution in [-0.4, -0.2) is 49.0 Å². The molecule has 6 aromatic heterocycles. The fourth-order valence-electron chi connectivity index (χ4n) is 3.85. The average molecular weight is 653 g/mol. The Kier molecular flexibility index (Phi) is 6.04. The molecule has 11 nitrogen and oxygen atoms in total. The molecule has 0 aliphatic heterocycles. The Morgan fingerprint density at radius 1 is 0.750 bits per heavy atom. The summed E-state index contributed by atoms with van der Waals surface area (Å²) in [4.78, 5) is 35.0. The third-order valence-electron chi connectivity index (χ3n) is 5.61. The second kappa shape index (κ2) is 9.32. The van der Waals surface area contributed by atoms with E-state index < -0.39 is 5.92 Å². The van der Waals surface area contributed by atoms with Crippen molar-refractivity contribution in [2.24, 2.45) is 0 Å². The molecule has 0 aliphatic carbocycles. The maximum Gasteiger partial charge on any atom is 2.00 e. The van der Waals surface area contributed by atoms with Crippen molar-refractivity contribution in [3.63, 3.8) is 0 Å². The molecule has 0 saturated heterocycles. The van der Waals surface area contributed by atoms with Crippen molar-refractivity contribution in [3.05, 3.63) is 84.5 Å². The van der Waals surface area contributed by atoms with Crippen LogP contribution in [0.15, 0.2) is 49.1 Å². The van der Waals surface area contributed by atoms with Gasteiger partial charge in [0.25, 0.3) is 0 Å². The second-order valence-electron chi connectivity index (χ2n) is 7.76. The summed E-state index contributed by atoms with van der Waals surface area (Å²) in [5, 5.41) is 10.1. The van der Waals surface area contributed by atoms with Crippen molar-refractivity contribution >= 4 is 22.3 Å². The number of pyridine rings is 2. The van der Waals surface area contributed by atoms with Crippen LogP contribution in [0.2, 0.25) is 0 Å². The van der Waals surface area contributed by atoms with Gasteiger partial charge in [-0.1, -0.05) is 24.3 Å². The summed E-state index contributed by atoms with van der Waals surface area (Å²) in [5.41, 5.74) is 5.05. The maximum absolute atomic E-state index is 10.1. The van der Waals surface area contributed by atoms with Gasteiger partial charge < -0.3 is 19.1 Å². The fourth-order valence-corrected chi connectivity index (χ4v) is 3.85. The molecule has 0 aromatic carbocycles. The van der Waals surface area contributed by atoms with E-state index in [9.17, 15) is 5.26 Å². The number of nitriles is 1. The van der Waals surface area contributed by atoms with Gasteiger partial charge in [0.2, 0.25) is 0 Å². The molecule has 0 radical (unpaired) electrons. The van der Waals surface area contributed by atoms with Crippen molar-refractivity contribution in [2.75, 3.05) is 0 Å². The number of aryl methyl sites for hydroxylation is 2. The Balaban J connectivity index is 0.00000267. The first kappa shape index (κ1) is 23.3. The van der Waals surface area contributed by atoms with E-state index in [0.29, 0.717) is 45.4 Å². The second-order valence-corrected chi connectivity index (χ2v) is 7.76. The van der Waals surface area contributed by atoms with E-state index in [1.165, 1.54) is 12.7 Å². The quantitative estimate of drug-likeness (QED) is 0.263. The molecule has 6 heterocycles. The molecular formula is C24H15N11Pt. The van der Waals surface area contributed by atoms with Crippen LogP contribution in [0.1, 0.15) is 28.7 Å². The van der Waals surface area contributed by atoms with E-state index in [-0.39, 0.29) is 21.1 Å². The number of nitrogens with zero attached hydrogens (tertiary/aromatic N) is 11. The molecule has 0 N–H and O–H groups in total. The van der Waals surface area contributed by atoms with Crippen LogP contribution in [0.4, 0.5) is 0 Å². The summed E-state index contributed by atoms with van der Waals surface area (Å²) >= 11 is 0. The largest absolute Gasteiger partial charge is 2.00 e. The van der Waals surface area contributed by atoms with E-state index >= 15 is 0 Å². The minimum atomic E-state index is -0.716. The molecule has 36 heavy (non-hydrogen) atoms. The SMILES string of the molecule is Cc1ncnc2c1n[c-]n2-c1cccc(C(C#N)c2cccc(-n3[c-]nc4c(C)ncnc43)n2)n1.[Pt+2]. The Labute approximate surface area is 219 Å². The third-order valence-corrected chi connectivity index (χ3v) is 5.61. The molecule has 0 bridgehead atoms. The van der Waals surface area contributed by atoms with E-state index in [1.54, 1.807) is 21.3 Å². The first-order chi connectivity index (χ1) is 17.1. The van der Waals surface area contributed by atoms with Gasteiger partial charge in [-0.25, -0.2) is 0 Å². The minimum Gasteiger partial charge on any atom is -0.396 e.